The van der Waals surface area contributed by atoms with Crippen molar-refractivity contribution < 1.29 is 0 Å². The van der Waals surface area contributed by atoms with Gasteiger partial charge in [-0.25, -0.2) is 0 Å². The number of rotatable bonds is 3. The predicted octanol–water partition coefficient (Wildman–Crippen LogP) is 4.04. The molecular weight excluding hydrogens is 294 g/mol. The zero-order valence-corrected chi connectivity index (χ0v) is 14.6. The molecule has 2 aromatic carbocycles. The molecule has 124 valence electrons. The normalized spacial score (nSPS) is 16.0. The molecule has 0 atom stereocenters. The Morgan fingerprint density at radius 1 is 0.833 bits per heavy atom. The summed E-state index contributed by atoms with van der Waals surface area (Å²) >= 11 is 0. The van der Waals surface area contributed by atoms with Crippen molar-refractivity contribution in [2.45, 2.75) is 20.5 Å². The fourth-order valence-corrected chi connectivity index (χ4v) is 3.67. The van der Waals surface area contributed by atoms with Crippen LogP contribution in [0.4, 0.5) is 5.69 Å². The van der Waals surface area contributed by atoms with Gasteiger partial charge in [0.2, 0.25) is 0 Å². The Labute approximate surface area is 144 Å². The molecule has 2 heterocycles. The van der Waals surface area contributed by atoms with Gasteiger partial charge >= 0.3 is 0 Å². The number of benzene rings is 2. The lowest BCUT2D eigenvalue weighted by Crippen LogP contribution is -2.46. The molecule has 1 aromatic heterocycles. The van der Waals surface area contributed by atoms with E-state index in [1.54, 1.807) is 0 Å². The highest BCUT2D eigenvalue weighted by molar-refractivity contribution is 5.83. The van der Waals surface area contributed by atoms with Crippen LogP contribution in [-0.4, -0.2) is 35.6 Å². The maximum atomic E-state index is 2.55. The fourth-order valence-electron chi connectivity index (χ4n) is 3.67. The summed E-state index contributed by atoms with van der Waals surface area (Å²) in [6, 6.07) is 17.6. The topological polar surface area (TPSA) is 11.4 Å². The van der Waals surface area contributed by atoms with Gasteiger partial charge in [-0.3, -0.25) is 4.90 Å². The van der Waals surface area contributed by atoms with E-state index in [-0.39, 0.29) is 0 Å². The van der Waals surface area contributed by atoms with E-state index in [2.05, 4.69) is 82.9 Å². The number of anilines is 1. The zero-order valence-electron chi connectivity index (χ0n) is 14.6. The summed E-state index contributed by atoms with van der Waals surface area (Å²) in [5.74, 6) is 0. The molecule has 0 aliphatic carbocycles. The number of nitrogens with zero attached hydrogens (tertiary/aromatic N) is 3. The van der Waals surface area contributed by atoms with Crippen LogP contribution in [0.25, 0.3) is 10.9 Å². The summed E-state index contributed by atoms with van der Waals surface area (Å²) in [4.78, 5) is 5.05. The van der Waals surface area contributed by atoms with E-state index in [0.29, 0.717) is 0 Å². The molecule has 0 saturated carbocycles. The van der Waals surface area contributed by atoms with E-state index in [0.717, 1.165) is 32.8 Å². The summed E-state index contributed by atoms with van der Waals surface area (Å²) in [5, 5.41) is 1.37. The lowest BCUT2D eigenvalue weighted by Gasteiger charge is -2.36. The summed E-state index contributed by atoms with van der Waals surface area (Å²) in [6.07, 6.45) is 2.29. The summed E-state index contributed by atoms with van der Waals surface area (Å²) in [6.45, 7) is 9.75. The minimum absolute atomic E-state index is 0.982. The van der Waals surface area contributed by atoms with Gasteiger partial charge in [-0.15, -0.1) is 0 Å². The van der Waals surface area contributed by atoms with Gasteiger partial charge in [0, 0.05) is 49.0 Å². The molecule has 1 aliphatic heterocycles. The first-order chi connectivity index (χ1) is 11.7. The van der Waals surface area contributed by atoms with Crippen molar-refractivity contribution in [1.29, 1.82) is 0 Å². The molecule has 3 aromatic rings. The third-order valence-corrected chi connectivity index (χ3v) is 5.11. The number of hydrogen-bond acceptors (Lipinski definition) is 2. The number of para-hydroxylation sites is 1. The fraction of sp³-hybridized carbons (Fsp3) is 0.333. The second-order valence-corrected chi connectivity index (χ2v) is 6.88. The number of aryl methyl sites for hydroxylation is 2. The molecule has 24 heavy (non-hydrogen) atoms. The van der Waals surface area contributed by atoms with E-state index in [4.69, 9.17) is 0 Å². The maximum Gasteiger partial charge on any atom is 0.0752 e. The van der Waals surface area contributed by atoms with Crippen LogP contribution < -0.4 is 4.90 Å². The lowest BCUT2D eigenvalue weighted by molar-refractivity contribution is 0.209. The van der Waals surface area contributed by atoms with E-state index in [1.807, 2.05) is 0 Å². The van der Waals surface area contributed by atoms with Crippen molar-refractivity contribution in [3.8, 4) is 0 Å². The molecule has 3 heteroatoms. The molecule has 0 spiro atoms. The number of hydrogen-bond donors (Lipinski definition) is 0. The van der Waals surface area contributed by atoms with Gasteiger partial charge in [0.25, 0.3) is 0 Å². The third-order valence-electron chi connectivity index (χ3n) is 5.11. The molecule has 0 amide bonds. The highest BCUT2D eigenvalue weighted by Crippen LogP contribution is 2.22. The second-order valence-electron chi connectivity index (χ2n) is 6.88. The van der Waals surface area contributed by atoms with Crippen LogP contribution >= 0.6 is 0 Å². The monoisotopic (exact) mass is 319 g/mol. The van der Waals surface area contributed by atoms with Crippen molar-refractivity contribution in [2.75, 3.05) is 31.1 Å². The highest BCUT2D eigenvalue weighted by atomic mass is 15.3. The first kappa shape index (κ1) is 15.3. The molecule has 4 rings (SSSR count). The molecule has 0 bridgehead atoms. The van der Waals surface area contributed by atoms with Crippen LogP contribution in [0.2, 0.25) is 0 Å². The van der Waals surface area contributed by atoms with Gasteiger partial charge in [0.1, 0.15) is 0 Å². The molecule has 1 saturated heterocycles. The third kappa shape index (κ3) is 2.92. The van der Waals surface area contributed by atoms with E-state index in [1.165, 1.54) is 27.7 Å². The van der Waals surface area contributed by atoms with Crippen LogP contribution in [0, 0.1) is 13.8 Å². The van der Waals surface area contributed by atoms with Crippen molar-refractivity contribution in [1.82, 2.24) is 9.47 Å². The van der Waals surface area contributed by atoms with Crippen molar-refractivity contribution in [3.63, 3.8) is 0 Å². The largest absolute Gasteiger partial charge is 0.369 e. The van der Waals surface area contributed by atoms with E-state index in [9.17, 15) is 0 Å². The minimum Gasteiger partial charge on any atom is -0.369 e. The second kappa shape index (κ2) is 6.33. The maximum absolute atomic E-state index is 2.55. The molecule has 0 N–H and O–H groups in total. The minimum atomic E-state index is 0.982. The quantitative estimate of drug-likeness (QED) is 0.722. The number of fused-ring (bicyclic) bond motifs is 1. The Morgan fingerprint density at radius 2 is 1.54 bits per heavy atom. The van der Waals surface area contributed by atoms with Gasteiger partial charge in [-0.2, -0.15) is 0 Å². The Bertz CT molecular complexity index is 824. The molecule has 1 fully saturated rings. The van der Waals surface area contributed by atoms with Crippen LogP contribution in [0.5, 0.6) is 0 Å². The first-order valence-electron chi connectivity index (χ1n) is 8.79. The summed E-state index contributed by atoms with van der Waals surface area (Å²) < 4.78 is 2.40. The van der Waals surface area contributed by atoms with Gasteiger partial charge in [-0.1, -0.05) is 35.9 Å². The van der Waals surface area contributed by atoms with Crippen LogP contribution in [0.15, 0.2) is 54.7 Å². The molecule has 3 nitrogen and oxygen atoms in total. The predicted molar refractivity (Wildman–Crippen MR) is 102 cm³/mol. The number of aromatic nitrogens is 1. The standard InChI is InChI=1S/C21H25N3/c1-17-7-9-19(10-8-17)23-13-11-22(12-14-23)16-24-15-18(2)20-5-3-4-6-21(20)24/h3-10,15H,11-14,16H2,1-2H3. The zero-order chi connectivity index (χ0) is 16.5. The average molecular weight is 319 g/mol. The first-order valence-corrected chi connectivity index (χ1v) is 8.79. The highest BCUT2D eigenvalue weighted by Gasteiger charge is 2.18. The SMILES string of the molecule is Cc1ccc(N2CCN(Cn3cc(C)c4ccccc43)CC2)cc1. The summed E-state index contributed by atoms with van der Waals surface area (Å²) in [7, 11) is 0. The molecule has 0 unspecified atom stereocenters. The van der Waals surface area contributed by atoms with Crippen LogP contribution in [0.3, 0.4) is 0 Å². The van der Waals surface area contributed by atoms with Gasteiger partial charge < -0.3 is 9.47 Å². The van der Waals surface area contributed by atoms with Gasteiger partial charge in [0.15, 0.2) is 0 Å². The van der Waals surface area contributed by atoms with Crippen LogP contribution in [-0.2, 0) is 6.67 Å². The van der Waals surface area contributed by atoms with Crippen molar-refractivity contribution in [2.24, 2.45) is 0 Å². The van der Waals surface area contributed by atoms with E-state index < -0.39 is 0 Å². The Morgan fingerprint density at radius 3 is 2.29 bits per heavy atom. The lowest BCUT2D eigenvalue weighted by atomic mass is 10.2. The van der Waals surface area contributed by atoms with Crippen LogP contribution in [0.1, 0.15) is 11.1 Å². The molecule has 1 aliphatic rings. The van der Waals surface area contributed by atoms with Gasteiger partial charge in [0.05, 0.1) is 6.67 Å². The molecular formula is C21H25N3. The van der Waals surface area contributed by atoms with Gasteiger partial charge in [-0.05, 0) is 37.6 Å². The Balaban J connectivity index is 1.43. The number of piperazine rings is 1. The molecule has 0 radical (unpaired) electrons. The summed E-state index contributed by atoms with van der Waals surface area (Å²) in [5.41, 5.74) is 5.38. The Hall–Kier alpha value is -2.26. The average Bonchev–Trinajstić information content (AvgIpc) is 2.93. The van der Waals surface area contributed by atoms with E-state index >= 15 is 0 Å². The van der Waals surface area contributed by atoms with Crippen molar-refractivity contribution >= 4 is 16.6 Å². The van der Waals surface area contributed by atoms with Crippen molar-refractivity contribution in [3.05, 3.63) is 65.9 Å². The Kier molecular flexibility index (Phi) is 4.03. The smallest absolute Gasteiger partial charge is 0.0752 e.